The molecule has 31 heavy (non-hydrogen) atoms. The highest BCUT2D eigenvalue weighted by molar-refractivity contribution is 5.96. The summed E-state index contributed by atoms with van der Waals surface area (Å²) in [6.45, 7) is 0. The zero-order valence-corrected chi connectivity index (χ0v) is 15.6. The number of nitro groups is 2. The number of hydrogen-bond acceptors (Lipinski definition) is 8. The molecule has 2 aromatic carbocycles. The van der Waals surface area contributed by atoms with Crippen molar-refractivity contribution in [3.8, 4) is 11.3 Å². The molecule has 4 rings (SSSR count). The van der Waals surface area contributed by atoms with Crippen LogP contribution in [0.25, 0.3) is 22.3 Å². The summed E-state index contributed by atoms with van der Waals surface area (Å²) in [5, 5.41) is 25.8. The van der Waals surface area contributed by atoms with Crippen LogP contribution >= 0.6 is 0 Å². The summed E-state index contributed by atoms with van der Waals surface area (Å²) in [5.41, 5.74) is 3.12. The van der Waals surface area contributed by atoms with Crippen LogP contribution in [0.15, 0.2) is 74.6 Å². The van der Waals surface area contributed by atoms with Gasteiger partial charge in [-0.05, 0) is 36.4 Å². The van der Waals surface area contributed by atoms with Crippen LogP contribution in [-0.2, 0) is 0 Å². The zero-order valence-electron chi connectivity index (χ0n) is 15.6. The Morgan fingerprint density at radius 2 is 1.61 bits per heavy atom. The Balaban J connectivity index is 1.43. The van der Waals surface area contributed by atoms with Crippen LogP contribution < -0.4 is 5.43 Å². The third kappa shape index (κ3) is 4.15. The number of hydrogen-bond donors (Lipinski definition) is 1. The fraction of sp³-hybridized carbons (Fsp3) is 0. The van der Waals surface area contributed by atoms with E-state index >= 15 is 0 Å². The van der Waals surface area contributed by atoms with E-state index in [1.807, 2.05) is 0 Å². The van der Waals surface area contributed by atoms with Gasteiger partial charge in [0, 0.05) is 35.2 Å². The minimum atomic E-state index is -0.641. The van der Waals surface area contributed by atoms with Crippen LogP contribution in [0, 0.1) is 20.2 Å². The van der Waals surface area contributed by atoms with Crippen molar-refractivity contribution in [1.29, 1.82) is 0 Å². The van der Waals surface area contributed by atoms with E-state index in [2.05, 4.69) is 10.5 Å². The van der Waals surface area contributed by atoms with Crippen molar-refractivity contribution in [2.24, 2.45) is 5.10 Å². The van der Waals surface area contributed by atoms with Gasteiger partial charge >= 0.3 is 5.91 Å². The van der Waals surface area contributed by atoms with Crippen LogP contribution in [0.4, 0.5) is 11.4 Å². The maximum Gasteiger partial charge on any atom is 0.307 e. The first-order valence-corrected chi connectivity index (χ1v) is 8.77. The molecule has 0 spiro atoms. The maximum atomic E-state index is 12.2. The third-order valence-corrected chi connectivity index (χ3v) is 4.28. The molecular formula is C20H12N4O7. The van der Waals surface area contributed by atoms with E-state index in [-0.39, 0.29) is 17.1 Å². The van der Waals surface area contributed by atoms with Gasteiger partial charge in [0.2, 0.25) is 0 Å². The van der Waals surface area contributed by atoms with Crippen molar-refractivity contribution in [3.63, 3.8) is 0 Å². The van der Waals surface area contributed by atoms with E-state index in [1.165, 1.54) is 42.6 Å². The second kappa shape index (κ2) is 7.91. The number of hydrazone groups is 1. The number of nitrogens with one attached hydrogen (secondary N) is 1. The quantitative estimate of drug-likeness (QED) is 0.277. The number of nitrogens with zero attached hydrogens (tertiary/aromatic N) is 3. The molecule has 0 aliphatic heterocycles. The second-order valence-corrected chi connectivity index (χ2v) is 6.30. The van der Waals surface area contributed by atoms with Crippen molar-refractivity contribution in [2.75, 3.05) is 0 Å². The molecule has 11 heteroatoms. The molecule has 0 saturated heterocycles. The first kappa shape index (κ1) is 19.5. The molecule has 2 aromatic heterocycles. The highest BCUT2D eigenvalue weighted by atomic mass is 16.6. The summed E-state index contributed by atoms with van der Waals surface area (Å²) in [5.74, 6) is 0.117. The van der Waals surface area contributed by atoms with Crippen LogP contribution in [-0.4, -0.2) is 22.0 Å². The Bertz CT molecular complexity index is 1340. The van der Waals surface area contributed by atoms with Gasteiger partial charge in [-0.2, -0.15) is 5.10 Å². The molecule has 0 bridgehead atoms. The number of furan rings is 2. The Kier molecular flexibility index (Phi) is 4.98. The normalized spacial score (nSPS) is 11.1. The molecular weight excluding hydrogens is 408 g/mol. The van der Waals surface area contributed by atoms with Gasteiger partial charge in [-0.1, -0.05) is 0 Å². The Morgan fingerprint density at radius 1 is 0.903 bits per heavy atom. The van der Waals surface area contributed by atoms with Crippen molar-refractivity contribution < 1.29 is 23.5 Å². The van der Waals surface area contributed by atoms with Gasteiger partial charge in [0.05, 0.1) is 16.1 Å². The number of fused-ring (bicyclic) bond motifs is 1. The average Bonchev–Trinajstić information content (AvgIpc) is 3.40. The second-order valence-electron chi connectivity index (χ2n) is 6.30. The van der Waals surface area contributed by atoms with Crippen molar-refractivity contribution in [2.45, 2.75) is 0 Å². The van der Waals surface area contributed by atoms with E-state index in [1.54, 1.807) is 24.3 Å². The summed E-state index contributed by atoms with van der Waals surface area (Å²) in [4.78, 5) is 32.7. The summed E-state index contributed by atoms with van der Waals surface area (Å²) < 4.78 is 11.0. The van der Waals surface area contributed by atoms with Gasteiger partial charge in [-0.15, -0.1) is 0 Å². The molecule has 2 heterocycles. The first-order valence-electron chi connectivity index (χ1n) is 8.77. The number of benzene rings is 2. The standard InChI is InChI=1S/C20H12N4O7/c25-20(19-10-13-9-15(24(28)29)5-7-18(13)31-19)22-21-11-16-6-8-17(30-16)12-1-3-14(4-2-12)23(26)27/h1-11H,(H,22,25)/b21-11-. The molecule has 0 saturated carbocycles. The molecule has 0 radical (unpaired) electrons. The fourth-order valence-corrected chi connectivity index (χ4v) is 2.79. The van der Waals surface area contributed by atoms with Gasteiger partial charge in [-0.25, -0.2) is 5.43 Å². The molecule has 0 fully saturated rings. The smallest absolute Gasteiger partial charge is 0.307 e. The number of amides is 1. The van der Waals surface area contributed by atoms with Crippen LogP contribution in [0.2, 0.25) is 0 Å². The highest BCUT2D eigenvalue weighted by Gasteiger charge is 2.15. The van der Waals surface area contributed by atoms with E-state index < -0.39 is 15.8 Å². The van der Waals surface area contributed by atoms with Crippen molar-refractivity contribution >= 4 is 34.5 Å². The predicted molar refractivity (Wildman–Crippen MR) is 109 cm³/mol. The summed E-state index contributed by atoms with van der Waals surface area (Å²) >= 11 is 0. The lowest BCUT2D eigenvalue weighted by Gasteiger charge is -1.96. The lowest BCUT2D eigenvalue weighted by molar-refractivity contribution is -0.385. The third-order valence-electron chi connectivity index (χ3n) is 4.28. The molecule has 0 aliphatic carbocycles. The van der Waals surface area contributed by atoms with Crippen LogP contribution in [0.1, 0.15) is 16.3 Å². The molecule has 0 unspecified atom stereocenters. The molecule has 1 N–H and O–H groups in total. The monoisotopic (exact) mass is 420 g/mol. The molecule has 0 aliphatic rings. The zero-order chi connectivity index (χ0) is 22.0. The van der Waals surface area contributed by atoms with E-state index in [0.29, 0.717) is 28.1 Å². The van der Waals surface area contributed by atoms with Gasteiger partial charge in [0.15, 0.2) is 5.76 Å². The van der Waals surface area contributed by atoms with Gasteiger partial charge in [0.25, 0.3) is 11.4 Å². The highest BCUT2D eigenvalue weighted by Crippen LogP contribution is 2.25. The number of carbonyl (C=O) groups is 1. The van der Waals surface area contributed by atoms with Gasteiger partial charge in [-0.3, -0.25) is 25.0 Å². The first-order chi connectivity index (χ1) is 14.9. The van der Waals surface area contributed by atoms with Crippen molar-refractivity contribution in [1.82, 2.24) is 5.43 Å². The average molecular weight is 420 g/mol. The maximum absolute atomic E-state index is 12.2. The van der Waals surface area contributed by atoms with Gasteiger partial charge < -0.3 is 8.83 Å². The van der Waals surface area contributed by atoms with Crippen LogP contribution in [0.5, 0.6) is 0 Å². The molecule has 0 atom stereocenters. The number of carbonyl (C=O) groups excluding carboxylic acids is 1. The summed E-state index contributed by atoms with van der Waals surface area (Å²) in [7, 11) is 0. The lowest BCUT2D eigenvalue weighted by atomic mass is 10.1. The van der Waals surface area contributed by atoms with Crippen molar-refractivity contribution in [3.05, 3.63) is 92.4 Å². The summed E-state index contributed by atoms with van der Waals surface area (Å²) in [6, 6.07) is 14.5. The number of rotatable bonds is 6. The largest absolute Gasteiger partial charge is 0.455 e. The minimum Gasteiger partial charge on any atom is -0.455 e. The molecule has 11 nitrogen and oxygen atoms in total. The van der Waals surface area contributed by atoms with E-state index in [4.69, 9.17) is 8.83 Å². The molecule has 4 aromatic rings. The number of nitro benzene ring substituents is 2. The minimum absolute atomic E-state index is 0.0278. The summed E-state index contributed by atoms with van der Waals surface area (Å²) in [6.07, 6.45) is 1.28. The van der Waals surface area contributed by atoms with Crippen LogP contribution in [0.3, 0.4) is 0 Å². The molecule has 1 amide bonds. The Hall–Kier alpha value is -4.80. The topological polar surface area (TPSA) is 154 Å². The lowest BCUT2D eigenvalue weighted by Crippen LogP contribution is -2.16. The SMILES string of the molecule is O=C(N/N=C\c1ccc(-c2ccc([N+](=O)[O-])cc2)o1)c1cc2cc([N+](=O)[O-])ccc2o1. The number of non-ortho nitro benzene ring substituents is 2. The van der Waals surface area contributed by atoms with Gasteiger partial charge in [0.1, 0.15) is 17.1 Å². The van der Waals surface area contributed by atoms with E-state index in [9.17, 15) is 25.0 Å². The molecule has 154 valence electrons. The Labute approximate surface area is 172 Å². The fourth-order valence-electron chi connectivity index (χ4n) is 2.79. The predicted octanol–water partition coefficient (Wildman–Crippen LogP) is 4.27. The van der Waals surface area contributed by atoms with E-state index in [0.717, 1.165) is 0 Å². The Morgan fingerprint density at radius 3 is 2.32 bits per heavy atom.